The van der Waals surface area contributed by atoms with Crippen LogP contribution in [0.3, 0.4) is 0 Å². The molecular weight excluding hydrogens is 334 g/mol. The maximum atomic E-state index is 12.4. The van der Waals surface area contributed by atoms with Gasteiger partial charge in [-0.1, -0.05) is 18.2 Å². The fourth-order valence-electron chi connectivity index (χ4n) is 3.28. The molecule has 0 spiro atoms. The number of carboxylic acid groups (broad SMARTS) is 1. The van der Waals surface area contributed by atoms with Gasteiger partial charge in [-0.3, -0.25) is 4.79 Å². The molecule has 6 nitrogen and oxygen atoms in total. The highest BCUT2D eigenvalue weighted by molar-refractivity contribution is 5.87. The molecule has 1 aliphatic carbocycles. The summed E-state index contributed by atoms with van der Waals surface area (Å²) in [5.74, 6) is 0.645. The molecule has 0 radical (unpaired) electrons. The second-order valence-electron chi connectivity index (χ2n) is 6.58. The molecule has 1 fully saturated rings. The minimum absolute atomic E-state index is 0.00869. The molecule has 1 amide bonds. The Morgan fingerprint density at radius 3 is 2.69 bits per heavy atom. The van der Waals surface area contributed by atoms with Crippen molar-refractivity contribution >= 4 is 11.9 Å². The minimum atomic E-state index is -0.973. The van der Waals surface area contributed by atoms with E-state index in [1.165, 1.54) is 6.07 Å². The Labute approximate surface area is 150 Å². The summed E-state index contributed by atoms with van der Waals surface area (Å²) in [4.78, 5) is 23.4. The normalized spacial score (nSPS) is 20.3. The molecule has 134 valence electrons. The van der Waals surface area contributed by atoms with Gasteiger partial charge in [-0.25, -0.2) is 4.79 Å². The van der Waals surface area contributed by atoms with Gasteiger partial charge in [0.05, 0.1) is 5.56 Å². The molecular formula is C20H19NO5. The highest BCUT2D eigenvalue weighted by atomic mass is 16.6. The van der Waals surface area contributed by atoms with Crippen molar-refractivity contribution in [3.63, 3.8) is 0 Å². The van der Waals surface area contributed by atoms with Gasteiger partial charge in [0.25, 0.3) is 0 Å². The first-order valence-electron chi connectivity index (χ1n) is 8.61. The Kier molecular flexibility index (Phi) is 4.24. The van der Waals surface area contributed by atoms with E-state index >= 15 is 0 Å². The molecule has 2 aromatic carbocycles. The number of amides is 1. The quantitative estimate of drug-likeness (QED) is 0.863. The first-order chi connectivity index (χ1) is 12.6. The molecule has 1 heterocycles. The predicted octanol–water partition coefficient (Wildman–Crippen LogP) is 2.58. The molecule has 1 aliphatic heterocycles. The number of fused-ring (bicyclic) bond motifs is 1. The van der Waals surface area contributed by atoms with E-state index in [-0.39, 0.29) is 23.3 Å². The molecule has 2 aliphatic rings. The van der Waals surface area contributed by atoms with Crippen molar-refractivity contribution in [2.45, 2.75) is 18.9 Å². The molecule has 2 atom stereocenters. The number of nitrogens with one attached hydrogen (secondary N) is 1. The topological polar surface area (TPSA) is 84.9 Å². The monoisotopic (exact) mass is 353 g/mol. The van der Waals surface area contributed by atoms with Gasteiger partial charge in [0.1, 0.15) is 13.2 Å². The Morgan fingerprint density at radius 1 is 1.08 bits per heavy atom. The molecule has 0 aromatic heterocycles. The first-order valence-corrected chi connectivity index (χ1v) is 8.61. The number of benzene rings is 2. The highest BCUT2D eigenvalue weighted by Gasteiger charge is 2.44. The minimum Gasteiger partial charge on any atom is -0.486 e. The summed E-state index contributed by atoms with van der Waals surface area (Å²) in [6, 6.07) is 12.4. The Morgan fingerprint density at radius 2 is 1.88 bits per heavy atom. The van der Waals surface area contributed by atoms with Crippen molar-refractivity contribution in [1.29, 1.82) is 0 Å². The van der Waals surface area contributed by atoms with Crippen LogP contribution in [0, 0.1) is 5.92 Å². The summed E-state index contributed by atoms with van der Waals surface area (Å²) < 4.78 is 11.1. The lowest BCUT2D eigenvalue weighted by atomic mass is 10.1. The first kappa shape index (κ1) is 16.4. The van der Waals surface area contributed by atoms with Crippen molar-refractivity contribution < 1.29 is 24.2 Å². The zero-order chi connectivity index (χ0) is 18.1. The van der Waals surface area contributed by atoms with Gasteiger partial charge >= 0.3 is 5.97 Å². The molecule has 0 saturated heterocycles. The molecule has 0 unspecified atom stereocenters. The smallest absolute Gasteiger partial charge is 0.335 e. The van der Waals surface area contributed by atoms with E-state index in [0.29, 0.717) is 19.8 Å². The molecule has 2 N–H and O–H groups in total. The SMILES string of the molecule is O=C(O)c1cccc(CNC(=O)[C@@H]2C[C@H]2c2ccc3c(c2)OCCO3)c1. The van der Waals surface area contributed by atoms with Crippen molar-refractivity contribution in [1.82, 2.24) is 5.32 Å². The van der Waals surface area contributed by atoms with Crippen LogP contribution in [0.5, 0.6) is 11.5 Å². The van der Waals surface area contributed by atoms with Crippen LogP contribution >= 0.6 is 0 Å². The van der Waals surface area contributed by atoms with Crippen LogP contribution in [0.2, 0.25) is 0 Å². The van der Waals surface area contributed by atoms with Gasteiger partial charge in [0.2, 0.25) is 5.91 Å². The van der Waals surface area contributed by atoms with Gasteiger partial charge in [-0.2, -0.15) is 0 Å². The Hall–Kier alpha value is -3.02. The van der Waals surface area contributed by atoms with Gasteiger partial charge in [0, 0.05) is 12.5 Å². The van der Waals surface area contributed by atoms with Crippen LogP contribution in [-0.2, 0) is 11.3 Å². The summed E-state index contributed by atoms with van der Waals surface area (Å²) in [6.07, 6.45) is 0.806. The lowest BCUT2D eigenvalue weighted by Crippen LogP contribution is -2.25. The van der Waals surface area contributed by atoms with Gasteiger partial charge in [-0.05, 0) is 47.7 Å². The van der Waals surface area contributed by atoms with E-state index < -0.39 is 5.97 Å². The van der Waals surface area contributed by atoms with Crippen molar-refractivity contribution in [2.24, 2.45) is 5.92 Å². The highest BCUT2D eigenvalue weighted by Crippen LogP contribution is 2.49. The number of hydrogen-bond donors (Lipinski definition) is 2. The number of ether oxygens (including phenoxy) is 2. The average Bonchev–Trinajstić information content (AvgIpc) is 3.47. The second kappa shape index (κ2) is 6.71. The fraction of sp³-hybridized carbons (Fsp3) is 0.300. The molecule has 2 aromatic rings. The number of aromatic carboxylic acids is 1. The fourth-order valence-corrected chi connectivity index (χ4v) is 3.28. The summed E-state index contributed by atoms with van der Waals surface area (Å²) in [7, 11) is 0. The zero-order valence-corrected chi connectivity index (χ0v) is 14.1. The molecule has 26 heavy (non-hydrogen) atoms. The maximum Gasteiger partial charge on any atom is 0.335 e. The third-order valence-corrected chi connectivity index (χ3v) is 4.76. The van der Waals surface area contributed by atoms with Gasteiger partial charge in [0.15, 0.2) is 11.5 Å². The molecule has 4 rings (SSSR count). The number of carbonyl (C=O) groups is 2. The summed E-state index contributed by atoms with van der Waals surface area (Å²) >= 11 is 0. The van der Waals surface area contributed by atoms with Crippen LogP contribution in [0.25, 0.3) is 0 Å². The number of hydrogen-bond acceptors (Lipinski definition) is 4. The van der Waals surface area contributed by atoms with E-state index in [1.807, 2.05) is 18.2 Å². The van der Waals surface area contributed by atoms with Crippen LogP contribution < -0.4 is 14.8 Å². The number of carbonyl (C=O) groups excluding carboxylic acids is 1. The molecule has 1 saturated carbocycles. The second-order valence-corrected chi connectivity index (χ2v) is 6.58. The summed E-state index contributed by atoms with van der Waals surface area (Å²) in [5, 5.41) is 11.9. The van der Waals surface area contributed by atoms with Crippen molar-refractivity contribution in [3.8, 4) is 11.5 Å². The van der Waals surface area contributed by atoms with Crippen molar-refractivity contribution in [2.75, 3.05) is 13.2 Å². The molecule has 0 bridgehead atoms. The number of rotatable bonds is 5. The van der Waals surface area contributed by atoms with E-state index in [0.717, 1.165) is 29.0 Å². The third-order valence-electron chi connectivity index (χ3n) is 4.76. The van der Waals surface area contributed by atoms with Crippen LogP contribution in [-0.4, -0.2) is 30.2 Å². The Bertz CT molecular complexity index is 863. The average molecular weight is 353 g/mol. The van der Waals surface area contributed by atoms with Gasteiger partial charge < -0.3 is 19.9 Å². The summed E-state index contributed by atoms with van der Waals surface area (Å²) in [5.41, 5.74) is 2.08. The van der Waals surface area contributed by atoms with E-state index in [1.54, 1.807) is 18.2 Å². The molecule has 6 heteroatoms. The van der Waals surface area contributed by atoms with Crippen LogP contribution in [0.1, 0.15) is 33.8 Å². The van der Waals surface area contributed by atoms with Crippen LogP contribution in [0.15, 0.2) is 42.5 Å². The largest absolute Gasteiger partial charge is 0.486 e. The predicted molar refractivity (Wildman–Crippen MR) is 93.5 cm³/mol. The Balaban J connectivity index is 1.36. The lowest BCUT2D eigenvalue weighted by Gasteiger charge is -2.18. The maximum absolute atomic E-state index is 12.4. The van der Waals surface area contributed by atoms with E-state index in [4.69, 9.17) is 14.6 Å². The van der Waals surface area contributed by atoms with E-state index in [2.05, 4.69) is 5.32 Å². The van der Waals surface area contributed by atoms with Gasteiger partial charge in [-0.15, -0.1) is 0 Å². The zero-order valence-electron chi connectivity index (χ0n) is 14.1. The lowest BCUT2D eigenvalue weighted by molar-refractivity contribution is -0.122. The summed E-state index contributed by atoms with van der Waals surface area (Å²) in [6.45, 7) is 1.43. The third kappa shape index (κ3) is 3.35. The van der Waals surface area contributed by atoms with E-state index in [9.17, 15) is 9.59 Å². The van der Waals surface area contributed by atoms with Crippen molar-refractivity contribution in [3.05, 3.63) is 59.2 Å². The standard InChI is InChI=1S/C20H19NO5/c22-19(21-11-12-2-1-3-14(8-12)20(23)24)16-10-15(16)13-4-5-17-18(9-13)26-7-6-25-17/h1-5,8-9,15-16H,6-7,10-11H2,(H,21,22)(H,23,24)/t15-,16+/m0/s1. The van der Waals surface area contributed by atoms with Crippen LogP contribution in [0.4, 0.5) is 0 Å². The number of carboxylic acids is 1.